The molecule has 1 unspecified atom stereocenters. The van der Waals surface area contributed by atoms with Gasteiger partial charge in [0.1, 0.15) is 0 Å². The van der Waals surface area contributed by atoms with Gasteiger partial charge in [-0.1, -0.05) is 36.3 Å². The molecule has 6 heteroatoms. The molecule has 1 amide bonds. The van der Waals surface area contributed by atoms with Gasteiger partial charge in [-0.25, -0.2) is 0 Å². The Hall–Kier alpha value is -2.21. The Bertz CT molecular complexity index is 762. The molecule has 1 aliphatic carbocycles. The van der Waals surface area contributed by atoms with Crippen molar-refractivity contribution < 1.29 is 9.32 Å². The monoisotopic (exact) mass is 354 g/mol. The molecule has 2 fully saturated rings. The van der Waals surface area contributed by atoms with Crippen LogP contribution in [0.5, 0.6) is 0 Å². The van der Waals surface area contributed by atoms with E-state index in [1.807, 2.05) is 24.3 Å². The average molecular weight is 354 g/mol. The van der Waals surface area contributed by atoms with E-state index in [2.05, 4.69) is 22.0 Å². The summed E-state index contributed by atoms with van der Waals surface area (Å²) in [5.41, 5.74) is 7.60. The van der Waals surface area contributed by atoms with Gasteiger partial charge in [-0.2, -0.15) is 4.98 Å². The minimum Gasteiger partial charge on any atom is -0.339 e. The van der Waals surface area contributed by atoms with Gasteiger partial charge in [0.15, 0.2) is 0 Å². The molecule has 2 aromatic rings. The fourth-order valence-corrected chi connectivity index (χ4v) is 4.11. The number of likely N-dealkylation sites (tertiary alicyclic amines) is 1. The number of nitrogens with zero attached hydrogens (tertiary/aromatic N) is 3. The molecule has 6 nitrogen and oxygen atoms in total. The van der Waals surface area contributed by atoms with Gasteiger partial charge < -0.3 is 15.2 Å². The van der Waals surface area contributed by atoms with Gasteiger partial charge in [0.2, 0.25) is 17.6 Å². The van der Waals surface area contributed by atoms with E-state index in [1.54, 1.807) is 0 Å². The summed E-state index contributed by atoms with van der Waals surface area (Å²) in [4.78, 5) is 19.1. The molecule has 2 heterocycles. The summed E-state index contributed by atoms with van der Waals surface area (Å²) < 4.78 is 5.50. The number of carbonyl (C=O) groups is 1. The van der Waals surface area contributed by atoms with Crippen LogP contribution in [0.2, 0.25) is 0 Å². The average Bonchev–Trinajstić information content (AvgIpc) is 3.29. The summed E-state index contributed by atoms with van der Waals surface area (Å²) in [6, 6.07) is 8.22. The van der Waals surface area contributed by atoms with Crippen LogP contribution < -0.4 is 5.73 Å². The molecular weight excluding hydrogens is 328 g/mol. The van der Waals surface area contributed by atoms with E-state index >= 15 is 0 Å². The highest BCUT2D eigenvalue weighted by atomic mass is 16.5. The first-order chi connectivity index (χ1) is 12.6. The Balaban J connectivity index is 1.45. The zero-order chi connectivity index (χ0) is 18.1. The minimum absolute atomic E-state index is 0.00594. The second kappa shape index (κ2) is 7.19. The lowest BCUT2D eigenvalue weighted by atomic mass is 9.87. The molecule has 2 N–H and O–H groups in total. The van der Waals surface area contributed by atoms with Crippen molar-refractivity contribution in [1.29, 1.82) is 0 Å². The largest absolute Gasteiger partial charge is 0.339 e. The zero-order valence-electron chi connectivity index (χ0n) is 15.2. The number of hydrogen-bond acceptors (Lipinski definition) is 5. The first kappa shape index (κ1) is 17.2. The summed E-state index contributed by atoms with van der Waals surface area (Å²) in [6.45, 7) is 3.51. The predicted octanol–water partition coefficient (Wildman–Crippen LogP) is 3.09. The lowest BCUT2D eigenvalue weighted by Crippen LogP contribution is -2.38. The second-order valence-electron chi connectivity index (χ2n) is 7.72. The topological polar surface area (TPSA) is 85.2 Å². The Labute approximate surface area is 153 Å². The van der Waals surface area contributed by atoms with Crippen LogP contribution in [-0.2, 0) is 11.3 Å². The minimum atomic E-state index is 0.00594. The van der Waals surface area contributed by atoms with Crippen molar-refractivity contribution in [3.05, 3.63) is 35.7 Å². The maximum Gasteiger partial charge on any atom is 0.232 e. The predicted molar refractivity (Wildman–Crippen MR) is 98.1 cm³/mol. The third-order valence-corrected chi connectivity index (χ3v) is 5.82. The van der Waals surface area contributed by atoms with E-state index < -0.39 is 0 Å². The third kappa shape index (κ3) is 3.38. The maximum absolute atomic E-state index is 12.5. The molecule has 0 spiro atoms. The van der Waals surface area contributed by atoms with Gasteiger partial charge in [-0.15, -0.1) is 0 Å². The number of carbonyl (C=O) groups excluding carboxylic acids is 1. The molecular formula is C20H26N4O2. The van der Waals surface area contributed by atoms with Gasteiger partial charge in [0.25, 0.3) is 0 Å². The Kier molecular flexibility index (Phi) is 4.76. The quantitative estimate of drug-likeness (QED) is 0.912. The van der Waals surface area contributed by atoms with Crippen molar-refractivity contribution >= 4 is 5.91 Å². The Morgan fingerprint density at radius 2 is 1.92 bits per heavy atom. The van der Waals surface area contributed by atoms with Gasteiger partial charge in [0, 0.05) is 31.1 Å². The normalized spacial score (nSPS) is 26.5. The fourth-order valence-electron chi connectivity index (χ4n) is 4.11. The second-order valence-corrected chi connectivity index (χ2v) is 7.72. The fraction of sp³-hybridized carbons (Fsp3) is 0.550. The first-order valence-electron chi connectivity index (χ1n) is 9.56. The van der Waals surface area contributed by atoms with Crippen LogP contribution in [0.15, 0.2) is 28.8 Å². The number of nitrogens with two attached hydrogens (primary N) is 1. The lowest BCUT2D eigenvalue weighted by molar-refractivity contribution is -0.130. The van der Waals surface area contributed by atoms with Crippen molar-refractivity contribution in [2.24, 2.45) is 11.7 Å². The highest BCUT2D eigenvalue weighted by Gasteiger charge is 2.38. The van der Waals surface area contributed by atoms with Gasteiger partial charge in [-0.3, -0.25) is 4.79 Å². The third-order valence-electron chi connectivity index (χ3n) is 5.82. The van der Waals surface area contributed by atoms with Crippen LogP contribution in [-0.4, -0.2) is 33.5 Å². The van der Waals surface area contributed by atoms with Crippen molar-refractivity contribution in [1.82, 2.24) is 15.0 Å². The van der Waals surface area contributed by atoms with Crippen LogP contribution in [0.25, 0.3) is 11.4 Å². The summed E-state index contributed by atoms with van der Waals surface area (Å²) in [6.07, 6.45) is 5.12. The van der Waals surface area contributed by atoms with Crippen LogP contribution in [0.1, 0.15) is 56.4 Å². The highest BCUT2D eigenvalue weighted by Crippen LogP contribution is 2.34. The number of rotatable bonds is 4. The summed E-state index contributed by atoms with van der Waals surface area (Å²) in [7, 11) is 0. The van der Waals surface area contributed by atoms with Crippen molar-refractivity contribution in [3.63, 3.8) is 0 Å². The van der Waals surface area contributed by atoms with Gasteiger partial charge >= 0.3 is 0 Å². The molecule has 1 atom stereocenters. The highest BCUT2D eigenvalue weighted by molar-refractivity contribution is 5.80. The molecule has 138 valence electrons. The van der Waals surface area contributed by atoms with Crippen molar-refractivity contribution in [3.8, 4) is 11.4 Å². The Morgan fingerprint density at radius 1 is 1.19 bits per heavy atom. The maximum atomic E-state index is 12.5. The van der Waals surface area contributed by atoms with Crippen molar-refractivity contribution in [2.45, 2.75) is 57.5 Å². The molecule has 1 aliphatic heterocycles. The zero-order valence-corrected chi connectivity index (χ0v) is 15.2. The molecule has 4 rings (SSSR count). The van der Waals surface area contributed by atoms with E-state index in [-0.39, 0.29) is 11.8 Å². The molecule has 0 radical (unpaired) electrons. The molecule has 1 aromatic carbocycles. The Morgan fingerprint density at radius 3 is 2.62 bits per heavy atom. The lowest BCUT2D eigenvalue weighted by Gasteiger charge is -2.33. The number of benzene rings is 1. The van der Waals surface area contributed by atoms with Crippen LogP contribution in [0, 0.1) is 5.92 Å². The standard InChI is InChI=1S/C20H26N4O2/c1-13-2-8-17(9-3-13)24-12-16(10-18(24)25)20-22-19(23-26-20)15-6-4-14(11-21)5-7-15/h4-7,13,16-17H,2-3,8-12,21H2,1H3. The molecule has 1 saturated carbocycles. The number of hydrogen-bond donors (Lipinski definition) is 1. The molecule has 2 aliphatic rings. The number of aromatic nitrogens is 2. The van der Waals surface area contributed by atoms with Crippen LogP contribution in [0.4, 0.5) is 0 Å². The first-order valence-corrected chi connectivity index (χ1v) is 9.56. The SMILES string of the molecule is CC1CCC(N2CC(c3nc(-c4ccc(CN)cc4)no3)CC2=O)CC1. The summed E-state index contributed by atoms with van der Waals surface area (Å²) in [5.74, 6) is 2.15. The van der Waals surface area contributed by atoms with E-state index in [4.69, 9.17) is 10.3 Å². The van der Waals surface area contributed by atoms with E-state index in [1.165, 1.54) is 12.8 Å². The summed E-state index contributed by atoms with van der Waals surface area (Å²) in [5, 5.41) is 4.11. The van der Waals surface area contributed by atoms with Crippen LogP contribution >= 0.6 is 0 Å². The van der Waals surface area contributed by atoms with Crippen LogP contribution in [0.3, 0.4) is 0 Å². The smallest absolute Gasteiger partial charge is 0.232 e. The molecule has 1 aromatic heterocycles. The molecule has 26 heavy (non-hydrogen) atoms. The molecule has 1 saturated heterocycles. The summed E-state index contributed by atoms with van der Waals surface area (Å²) >= 11 is 0. The van der Waals surface area contributed by atoms with E-state index in [9.17, 15) is 4.79 Å². The van der Waals surface area contributed by atoms with E-state index in [0.717, 1.165) is 29.9 Å². The van der Waals surface area contributed by atoms with Gasteiger partial charge in [-0.05, 0) is 37.2 Å². The number of amides is 1. The van der Waals surface area contributed by atoms with Gasteiger partial charge in [0.05, 0.1) is 5.92 Å². The van der Waals surface area contributed by atoms with Crippen molar-refractivity contribution in [2.75, 3.05) is 6.54 Å². The molecule has 0 bridgehead atoms. The van der Waals surface area contributed by atoms with E-state index in [0.29, 0.717) is 37.3 Å².